The van der Waals surface area contributed by atoms with E-state index in [1.165, 1.54) is 4.31 Å². The number of carbonyl (C=O) groups excluding carboxylic acids is 2. The minimum Gasteiger partial charge on any atom is -0.360 e. The zero-order valence-corrected chi connectivity index (χ0v) is 19.0. The van der Waals surface area contributed by atoms with Gasteiger partial charge in [-0.3, -0.25) is 9.59 Å². The summed E-state index contributed by atoms with van der Waals surface area (Å²) in [5.74, 6) is 0.221. The molecule has 9 nitrogen and oxygen atoms in total. The van der Waals surface area contributed by atoms with Crippen molar-refractivity contribution in [2.24, 2.45) is 11.8 Å². The van der Waals surface area contributed by atoms with Crippen molar-refractivity contribution in [3.63, 3.8) is 0 Å². The van der Waals surface area contributed by atoms with E-state index in [9.17, 15) is 18.0 Å². The van der Waals surface area contributed by atoms with Crippen molar-refractivity contribution in [1.82, 2.24) is 19.7 Å². The Morgan fingerprint density at radius 2 is 1.67 bits per heavy atom. The van der Waals surface area contributed by atoms with Gasteiger partial charge in [-0.1, -0.05) is 19.0 Å². The summed E-state index contributed by atoms with van der Waals surface area (Å²) in [5, 5.41) is 6.85. The lowest BCUT2D eigenvalue weighted by Gasteiger charge is -2.35. The van der Waals surface area contributed by atoms with Crippen LogP contribution in [0, 0.1) is 25.7 Å². The molecule has 2 fully saturated rings. The zero-order valence-electron chi connectivity index (χ0n) is 18.2. The smallest absolute Gasteiger partial charge is 0.248 e. The first-order valence-corrected chi connectivity index (χ1v) is 12.1. The summed E-state index contributed by atoms with van der Waals surface area (Å²) in [5.41, 5.74) is 0.356. The lowest BCUT2D eigenvalue weighted by Crippen LogP contribution is -2.50. The first-order chi connectivity index (χ1) is 14.1. The van der Waals surface area contributed by atoms with Gasteiger partial charge in [-0.25, -0.2) is 8.42 Å². The minimum absolute atomic E-state index is 0.0111. The number of nitrogens with zero attached hydrogens (tertiary/aromatic N) is 3. The van der Waals surface area contributed by atoms with Gasteiger partial charge in [0, 0.05) is 44.1 Å². The van der Waals surface area contributed by atoms with Crippen LogP contribution >= 0.6 is 0 Å². The van der Waals surface area contributed by atoms with Gasteiger partial charge in [-0.05, 0) is 39.5 Å². The highest BCUT2D eigenvalue weighted by molar-refractivity contribution is 7.89. The van der Waals surface area contributed by atoms with Gasteiger partial charge in [0.1, 0.15) is 10.6 Å². The molecular weight excluding hydrogens is 408 g/mol. The average Bonchev–Trinajstić information content (AvgIpc) is 3.06. The van der Waals surface area contributed by atoms with Crippen LogP contribution in [0.3, 0.4) is 0 Å². The highest BCUT2D eigenvalue weighted by atomic mass is 32.2. The van der Waals surface area contributed by atoms with Gasteiger partial charge in [0.25, 0.3) is 0 Å². The molecule has 10 heteroatoms. The molecule has 1 aromatic rings. The van der Waals surface area contributed by atoms with Crippen LogP contribution in [-0.4, -0.2) is 66.8 Å². The van der Waals surface area contributed by atoms with E-state index in [0.717, 1.165) is 12.8 Å². The number of carbonyl (C=O) groups is 2. The number of aromatic nitrogens is 1. The number of rotatable bonds is 5. The molecule has 0 spiro atoms. The van der Waals surface area contributed by atoms with Crippen molar-refractivity contribution >= 4 is 21.8 Å². The molecule has 0 unspecified atom stereocenters. The summed E-state index contributed by atoms with van der Waals surface area (Å²) in [7, 11) is -3.67. The minimum atomic E-state index is -3.67. The molecule has 0 bridgehead atoms. The number of hydrogen-bond acceptors (Lipinski definition) is 6. The molecule has 0 aromatic carbocycles. The van der Waals surface area contributed by atoms with E-state index in [-0.39, 0.29) is 40.3 Å². The van der Waals surface area contributed by atoms with Gasteiger partial charge >= 0.3 is 0 Å². The van der Waals surface area contributed by atoms with E-state index < -0.39 is 10.0 Å². The summed E-state index contributed by atoms with van der Waals surface area (Å²) in [6.07, 6.45) is 2.48. The summed E-state index contributed by atoms with van der Waals surface area (Å²) in [6, 6.07) is 0.0674. The second kappa shape index (κ2) is 9.05. The zero-order chi connectivity index (χ0) is 22.1. The van der Waals surface area contributed by atoms with Crippen LogP contribution in [0.1, 0.15) is 51.0 Å². The molecule has 0 atom stereocenters. The monoisotopic (exact) mass is 440 g/mol. The molecule has 1 N–H and O–H groups in total. The van der Waals surface area contributed by atoms with E-state index in [1.54, 1.807) is 13.8 Å². The number of aryl methyl sites for hydroxylation is 2. The van der Waals surface area contributed by atoms with Crippen molar-refractivity contribution < 1.29 is 22.5 Å². The fourth-order valence-corrected chi connectivity index (χ4v) is 6.02. The van der Waals surface area contributed by atoms with E-state index in [2.05, 4.69) is 10.5 Å². The van der Waals surface area contributed by atoms with E-state index in [0.29, 0.717) is 44.7 Å². The van der Waals surface area contributed by atoms with Gasteiger partial charge < -0.3 is 14.7 Å². The Kier molecular flexibility index (Phi) is 6.86. The van der Waals surface area contributed by atoms with Crippen LogP contribution in [-0.2, 0) is 19.6 Å². The highest BCUT2D eigenvalue weighted by Crippen LogP contribution is 2.28. The van der Waals surface area contributed by atoms with Gasteiger partial charge in [-0.2, -0.15) is 4.31 Å². The maximum absolute atomic E-state index is 12.9. The van der Waals surface area contributed by atoms with Crippen molar-refractivity contribution in [3.05, 3.63) is 11.5 Å². The molecule has 2 aliphatic heterocycles. The molecule has 168 valence electrons. The molecule has 2 aliphatic rings. The SMILES string of the molecule is Cc1noc(C)c1S(=O)(=O)N1CCC(C(=O)NC2CCN(C(=O)C(C)C)CC2)CC1. The molecule has 0 aliphatic carbocycles. The molecule has 1 aromatic heterocycles. The van der Waals surface area contributed by atoms with Crippen LogP contribution in [0.15, 0.2) is 9.42 Å². The lowest BCUT2D eigenvalue weighted by molar-refractivity contribution is -0.135. The van der Waals surface area contributed by atoms with Crippen LogP contribution in [0.5, 0.6) is 0 Å². The summed E-state index contributed by atoms with van der Waals surface area (Å²) in [4.78, 5) is 26.8. The number of amides is 2. The van der Waals surface area contributed by atoms with E-state index in [1.807, 2.05) is 18.7 Å². The van der Waals surface area contributed by atoms with Crippen LogP contribution in [0.25, 0.3) is 0 Å². The first kappa shape index (κ1) is 22.7. The third-order valence-electron chi connectivity index (χ3n) is 6.04. The topological polar surface area (TPSA) is 113 Å². The summed E-state index contributed by atoms with van der Waals surface area (Å²) >= 11 is 0. The van der Waals surface area contributed by atoms with Crippen molar-refractivity contribution in [3.8, 4) is 0 Å². The van der Waals surface area contributed by atoms with Crippen LogP contribution < -0.4 is 5.32 Å². The standard InChI is InChI=1S/C20H32N4O5S/c1-13(2)20(26)23-9-7-17(8-10-23)21-19(25)16-5-11-24(12-6-16)30(27,28)18-14(3)22-29-15(18)4/h13,16-17H,5-12H2,1-4H3,(H,21,25). The Morgan fingerprint density at radius 3 is 2.17 bits per heavy atom. The number of piperidine rings is 2. The normalized spacial score (nSPS) is 20.0. The highest BCUT2D eigenvalue weighted by Gasteiger charge is 2.36. The Bertz CT molecular complexity index is 860. The van der Waals surface area contributed by atoms with E-state index in [4.69, 9.17) is 4.52 Å². The Morgan fingerprint density at radius 1 is 1.07 bits per heavy atom. The number of hydrogen-bond donors (Lipinski definition) is 1. The molecule has 2 saturated heterocycles. The lowest BCUT2D eigenvalue weighted by atomic mass is 9.95. The Hall–Kier alpha value is -1.94. The predicted molar refractivity (Wildman–Crippen MR) is 110 cm³/mol. The number of sulfonamides is 1. The molecule has 3 heterocycles. The van der Waals surface area contributed by atoms with Crippen molar-refractivity contribution in [2.75, 3.05) is 26.2 Å². The third kappa shape index (κ3) is 4.69. The predicted octanol–water partition coefficient (Wildman–Crippen LogP) is 1.46. The third-order valence-corrected chi connectivity index (χ3v) is 8.18. The molecule has 0 radical (unpaired) electrons. The number of nitrogens with one attached hydrogen (secondary N) is 1. The number of likely N-dealkylation sites (tertiary alicyclic amines) is 1. The average molecular weight is 441 g/mol. The van der Waals surface area contributed by atoms with Gasteiger partial charge in [0.05, 0.1) is 0 Å². The van der Waals surface area contributed by atoms with Gasteiger partial charge in [0.15, 0.2) is 5.76 Å². The molecule has 30 heavy (non-hydrogen) atoms. The fourth-order valence-electron chi connectivity index (χ4n) is 4.26. The fraction of sp³-hybridized carbons (Fsp3) is 0.750. The Balaban J connectivity index is 1.50. The quantitative estimate of drug-likeness (QED) is 0.742. The second-order valence-corrected chi connectivity index (χ2v) is 10.5. The summed E-state index contributed by atoms with van der Waals surface area (Å²) < 4.78 is 32.2. The van der Waals surface area contributed by atoms with Crippen molar-refractivity contribution in [2.45, 2.75) is 64.3 Å². The largest absolute Gasteiger partial charge is 0.360 e. The summed E-state index contributed by atoms with van der Waals surface area (Å²) in [6.45, 7) is 8.92. The molecule has 2 amide bonds. The molecule has 3 rings (SSSR count). The van der Waals surface area contributed by atoms with E-state index >= 15 is 0 Å². The maximum Gasteiger partial charge on any atom is 0.248 e. The molecule has 0 saturated carbocycles. The van der Waals surface area contributed by atoms with Gasteiger partial charge in [-0.15, -0.1) is 0 Å². The second-order valence-electron chi connectivity index (χ2n) is 8.59. The van der Waals surface area contributed by atoms with Gasteiger partial charge in [0.2, 0.25) is 21.8 Å². The Labute approximate surface area is 178 Å². The molecular formula is C20H32N4O5S. The maximum atomic E-state index is 12.9. The van der Waals surface area contributed by atoms with Crippen LogP contribution in [0.4, 0.5) is 0 Å². The first-order valence-electron chi connectivity index (χ1n) is 10.6. The van der Waals surface area contributed by atoms with Crippen LogP contribution in [0.2, 0.25) is 0 Å². The van der Waals surface area contributed by atoms with Crippen molar-refractivity contribution in [1.29, 1.82) is 0 Å².